The van der Waals surface area contributed by atoms with Crippen LogP contribution in [0.25, 0.3) is 0 Å². The first-order valence-electron chi connectivity index (χ1n) is 6.80. The maximum Gasteiger partial charge on any atom is 0.0838 e. The van der Waals surface area contributed by atoms with Crippen LogP contribution in [-0.2, 0) is 0 Å². The van der Waals surface area contributed by atoms with Gasteiger partial charge in [0, 0.05) is 0 Å². The molecule has 2 aromatic rings. The van der Waals surface area contributed by atoms with Crippen molar-refractivity contribution in [3.63, 3.8) is 0 Å². The van der Waals surface area contributed by atoms with Gasteiger partial charge in [-0.15, -0.1) is 11.6 Å². The smallest absolute Gasteiger partial charge is 0.0838 e. The molecule has 1 heteroatoms. The van der Waals surface area contributed by atoms with E-state index < -0.39 is 0 Å². The second-order valence-corrected chi connectivity index (χ2v) is 5.98. The molecule has 0 nitrogen and oxygen atoms in total. The van der Waals surface area contributed by atoms with Gasteiger partial charge in [0.1, 0.15) is 0 Å². The summed E-state index contributed by atoms with van der Waals surface area (Å²) in [6.45, 7) is 8.65. The second-order valence-electron chi connectivity index (χ2n) is 5.54. The van der Waals surface area contributed by atoms with Crippen LogP contribution < -0.4 is 0 Å². The first-order chi connectivity index (χ1) is 8.99. The summed E-state index contributed by atoms with van der Waals surface area (Å²) in [7, 11) is 0. The molecule has 0 spiro atoms. The summed E-state index contributed by atoms with van der Waals surface area (Å²) in [5.41, 5.74) is 6.25. The van der Waals surface area contributed by atoms with Crippen LogP contribution in [-0.4, -0.2) is 0 Å². The molecule has 19 heavy (non-hydrogen) atoms. The van der Waals surface area contributed by atoms with E-state index in [2.05, 4.69) is 70.2 Å². The summed E-state index contributed by atoms with van der Waals surface area (Å²) in [5, 5.41) is -0.0678. The number of aryl methyl sites for hydroxylation is 2. The zero-order chi connectivity index (χ0) is 14.0. The van der Waals surface area contributed by atoms with Crippen molar-refractivity contribution in [2.45, 2.75) is 39.0 Å². The van der Waals surface area contributed by atoms with Crippen LogP contribution >= 0.6 is 11.6 Å². The Morgan fingerprint density at radius 3 is 1.95 bits per heavy atom. The highest BCUT2D eigenvalue weighted by molar-refractivity contribution is 6.22. The molecule has 0 aliphatic rings. The molecular formula is C18H21Cl. The minimum absolute atomic E-state index is 0.0678. The van der Waals surface area contributed by atoms with Crippen LogP contribution in [0.2, 0.25) is 0 Å². The Morgan fingerprint density at radius 2 is 1.42 bits per heavy atom. The van der Waals surface area contributed by atoms with Crippen molar-refractivity contribution in [2.75, 3.05) is 0 Å². The van der Waals surface area contributed by atoms with E-state index in [0.29, 0.717) is 5.92 Å². The Labute approximate surface area is 121 Å². The van der Waals surface area contributed by atoms with Crippen molar-refractivity contribution >= 4 is 11.6 Å². The van der Waals surface area contributed by atoms with E-state index in [-0.39, 0.29) is 5.38 Å². The molecule has 1 unspecified atom stereocenters. The number of alkyl halides is 1. The average Bonchev–Trinajstić information content (AvgIpc) is 2.38. The highest BCUT2D eigenvalue weighted by Crippen LogP contribution is 2.32. The number of rotatable bonds is 3. The third-order valence-electron chi connectivity index (χ3n) is 3.59. The summed E-state index contributed by atoms with van der Waals surface area (Å²) in [5.74, 6) is 0.559. The van der Waals surface area contributed by atoms with Gasteiger partial charge in [-0.2, -0.15) is 0 Å². The van der Waals surface area contributed by atoms with Crippen molar-refractivity contribution in [3.05, 3.63) is 70.3 Å². The van der Waals surface area contributed by atoms with Gasteiger partial charge in [0.25, 0.3) is 0 Å². The van der Waals surface area contributed by atoms with Gasteiger partial charge in [-0.3, -0.25) is 0 Å². The Bertz CT molecular complexity index is 552. The van der Waals surface area contributed by atoms with E-state index in [1.165, 1.54) is 22.3 Å². The van der Waals surface area contributed by atoms with Gasteiger partial charge < -0.3 is 0 Å². The second kappa shape index (κ2) is 5.79. The molecule has 0 heterocycles. The van der Waals surface area contributed by atoms with E-state index in [1.54, 1.807) is 0 Å². The fourth-order valence-electron chi connectivity index (χ4n) is 2.34. The summed E-state index contributed by atoms with van der Waals surface area (Å²) < 4.78 is 0. The summed E-state index contributed by atoms with van der Waals surface area (Å²) >= 11 is 6.62. The fraction of sp³-hybridized carbons (Fsp3) is 0.333. The van der Waals surface area contributed by atoms with Gasteiger partial charge in [-0.05, 0) is 42.0 Å². The third kappa shape index (κ3) is 3.19. The van der Waals surface area contributed by atoms with Crippen molar-refractivity contribution in [1.29, 1.82) is 0 Å². The van der Waals surface area contributed by atoms with Crippen molar-refractivity contribution < 1.29 is 0 Å². The molecule has 0 saturated carbocycles. The van der Waals surface area contributed by atoms with Crippen LogP contribution in [0, 0.1) is 13.8 Å². The number of benzene rings is 2. The van der Waals surface area contributed by atoms with Crippen molar-refractivity contribution in [3.8, 4) is 0 Å². The monoisotopic (exact) mass is 272 g/mol. The van der Waals surface area contributed by atoms with E-state index >= 15 is 0 Å². The molecule has 0 radical (unpaired) electrons. The van der Waals surface area contributed by atoms with Crippen LogP contribution in [0.1, 0.15) is 53.0 Å². The zero-order valence-electron chi connectivity index (χ0n) is 12.1. The molecule has 0 bridgehead atoms. The lowest BCUT2D eigenvalue weighted by atomic mass is 9.96. The van der Waals surface area contributed by atoms with E-state index in [4.69, 9.17) is 11.6 Å². The summed E-state index contributed by atoms with van der Waals surface area (Å²) in [4.78, 5) is 0. The maximum absolute atomic E-state index is 6.62. The van der Waals surface area contributed by atoms with Gasteiger partial charge in [0.2, 0.25) is 0 Å². The molecule has 0 aliphatic heterocycles. The first-order valence-corrected chi connectivity index (χ1v) is 7.23. The fourth-order valence-corrected chi connectivity index (χ4v) is 2.73. The maximum atomic E-state index is 6.62. The summed E-state index contributed by atoms with van der Waals surface area (Å²) in [6.07, 6.45) is 0. The molecule has 0 N–H and O–H groups in total. The van der Waals surface area contributed by atoms with Gasteiger partial charge in [-0.25, -0.2) is 0 Å². The minimum atomic E-state index is -0.0678. The standard InChI is InChI=1S/C18H21Cl/c1-12(2)15-6-8-16(9-7-15)18(19)17-10-5-13(3)11-14(17)4/h5-12,18H,1-4H3. The largest absolute Gasteiger partial charge is 0.113 e. The lowest BCUT2D eigenvalue weighted by Crippen LogP contribution is -1.97. The topological polar surface area (TPSA) is 0 Å². The predicted octanol–water partition coefficient (Wildman–Crippen LogP) is 5.76. The molecular weight excluding hydrogens is 252 g/mol. The van der Waals surface area contributed by atoms with Gasteiger partial charge in [-0.1, -0.05) is 61.9 Å². The van der Waals surface area contributed by atoms with Crippen molar-refractivity contribution in [1.82, 2.24) is 0 Å². The van der Waals surface area contributed by atoms with Crippen LogP contribution in [0.4, 0.5) is 0 Å². The Kier molecular flexibility index (Phi) is 4.31. The van der Waals surface area contributed by atoms with Gasteiger partial charge >= 0.3 is 0 Å². The van der Waals surface area contributed by atoms with E-state index in [9.17, 15) is 0 Å². The molecule has 0 aromatic heterocycles. The highest BCUT2D eigenvalue weighted by atomic mass is 35.5. The van der Waals surface area contributed by atoms with Gasteiger partial charge in [0.05, 0.1) is 5.38 Å². The quantitative estimate of drug-likeness (QED) is 0.624. The van der Waals surface area contributed by atoms with Crippen molar-refractivity contribution in [2.24, 2.45) is 0 Å². The zero-order valence-corrected chi connectivity index (χ0v) is 12.8. The molecule has 0 fully saturated rings. The van der Waals surface area contributed by atoms with Crippen LogP contribution in [0.15, 0.2) is 42.5 Å². The molecule has 2 aromatic carbocycles. The third-order valence-corrected chi connectivity index (χ3v) is 4.08. The lowest BCUT2D eigenvalue weighted by molar-refractivity contribution is 0.865. The molecule has 0 aliphatic carbocycles. The lowest BCUT2D eigenvalue weighted by Gasteiger charge is -2.15. The summed E-state index contributed by atoms with van der Waals surface area (Å²) in [6, 6.07) is 15.1. The Morgan fingerprint density at radius 1 is 0.842 bits per heavy atom. The van der Waals surface area contributed by atoms with Crippen LogP contribution in [0.5, 0.6) is 0 Å². The first kappa shape index (κ1) is 14.1. The van der Waals surface area contributed by atoms with E-state index in [0.717, 1.165) is 5.56 Å². The SMILES string of the molecule is Cc1ccc(C(Cl)c2ccc(C(C)C)cc2)c(C)c1. The Balaban J connectivity index is 2.30. The minimum Gasteiger partial charge on any atom is -0.113 e. The molecule has 0 saturated heterocycles. The Hall–Kier alpha value is -1.27. The van der Waals surface area contributed by atoms with Crippen LogP contribution in [0.3, 0.4) is 0 Å². The number of hydrogen-bond donors (Lipinski definition) is 0. The normalized spacial score (nSPS) is 12.7. The average molecular weight is 273 g/mol. The number of hydrogen-bond acceptors (Lipinski definition) is 0. The van der Waals surface area contributed by atoms with E-state index in [1.807, 2.05) is 0 Å². The van der Waals surface area contributed by atoms with Gasteiger partial charge in [0.15, 0.2) is 0 Å². The number of halogens is 1. The molecule has 1 atom stereocenters. The predicted molar refractivity (Wildman–Crippen MR) is 84.1 cm³/mol. The molecule has 100 valence electrons. The highest BCUT2D eigenvalue weighted by Gasteiger charge is 2.13. The molecule has 2 rings (SSSR count). The molecule has 0 amide bonds.